The number of fused-ring (bicyclic) bond motifs is 1. The van der Waals surface area contributed by atoms with E-state index in [1.807, 2.05) is 0 Å². The van der Waals surface area contributed by atoms with Crippen molar-refractivity contribution in [1.82, 2.24) is 14.5 Å². The second-order valence-corrected chi connectivity index (χ2v) is 3.85. The van der Waals surface area contributed by atoms with Crippen LogP contribution < -0.4 is 10.6 Å². The molecule has 17 heavy (non-hydrogen) atoms. The minimum atomic E-state index is -0.521. The van der Waals surface area contributed by atoms with Crippen LogP contribution in [0.2, 0.25) is 0 Å². The van der Waals surface area contributed by atoms with Gasteiger partial charge in [-0.05, 0) is 0 Å². The van der Waals surface area contributed by atoms with Crippen molar-refractivity contribution in [3.8, 4) is 0 Å². The number of hydrogen-bond donors (Lipinski definition) is 1. The van der Waals surface area contributed by atoms with E-state index >= 15 is 0 Å². The van der Waals surface area contributed by atoms with Gasteiger partial charge in [0.25, 0.3) is 5.91 Å². The third kappa shape index (κ3) is 1.55. The van der Waals surface area contributed by atoms with Crippen molar-refractivity contribution in [3.63, 3.8) is 0 Å². The van der Waals surface area contributed by atoms with Gasteiger partial charge in [-0.15, -0.1) is 0 Å². The van der Waals surface area contributed by atoms with Gasteiger partial charge in [-0.1, -0.05) is 6.58 Å². The van der Waals surface area contributed by atoms with Crippen LogP contribution in [-0.2, 0) is 11.3 Å². The molecule has 0 spiro atoms. The monoisotopic (exact) mass is 235 g/mol. The highest BCUT2D eigenvalue weighted by molar-refractivity contribution is 6.01. The molecular weight excluding hydrogens is 222 g/mol. The predicted molar refractivity (Wildman–Crippen MR) is 61.1 cm³/mol. The summed E-state index contributed by atoms with van der Waals surface area (Å²) in [6.45, 7) is 3.72. The van der Waals surface area contributed by atoms with Crippen LogP contribution in [0.15, 0.2) is 18.7 Å². The molecule has 1 aliphatic heterocycles. The molecule has 0 saturated carbocycles. The van der Waals surface area contributed by atoms with Crippen molar-refractivity contribution >= 4 is 17.6 Å². The van der Waals surface area contributed by atoms with Gasteiger partial charge in [0, 0.05) is 14.1 Å². The summed E-state index contributed by atoms with van der Waals surface area (Å²) in [5, 5.41) is 0. The van der Waals surface area contributed by atoms with Crippen LogP contribution in [-0.4, -0.2) is 40.4 Å². The molecule has 2 rings (SSSR count). The van der Waals surface area contributed by atoms with E-state index in [1.54, 1.807) is 19.0 Å². The highest BCUT2D eigenvalue weighted by Crippen LogP contribution is 2.28. The van der Waals surface area contributed by atoms with Gasteiger partial charge in [0.15, 0.2) is 11.5 Å². The molecule has 1 aromatic heterocycles. The maximum absolute atomic E-state index is 12.1. The molecule has 0 fully saturated rings. The first-order valence-corrected chi connectivity index (χ1v) is 4.97. The van der Waals surface area contributed by atoms with Gasteiger partial charge in [-0.3, -0.25) is 14.5 Å². The molecule has 0 saturated heterocycles. The summed E-state index contributed by atoms with van der Waals surface area (Å²) in [6.07, 6.45) is 1.43. The Hall–Kier alpha value is -2.31. The normalized spacial score (nSPS) is 15.2. The first kappa shape index (κ1) is 11.2. The number of primary amides is 1. The fourth-order valence-corrected chi connectivity index (χ4v) is 1.75. The molecule has 2 heterocycles. The number of imidazole rings is 1. The van der Waals surface area contributed by atoms with Gasteiger partial charge < -0.3 is 15.2 Å². The van der Waals surface area contributed by atoms with Crippen molar-refractivity contribution in [2.75, 3.05) is 19.0 Å². The van der Waals surface area contributed by atoms with E-state index in [9.17, 15) is 9.59 Å². The van der Waals surface area contributed by atoms with E-state index in [1.165, 1.54) is 15.8 Å². The first-order chi connectivity index (χ1) is 7.93. The molecule has 7 nitrogen and oxygen atoms in total. The zero-order valence-electron chi connectivity index (χ0n) is 9.67. The Labute approximate surface area is 98.1 Å². The van der Waals surface area contributed by atoms with Crippen molar-refractivity contribution < 1.29 is 9.59 Å². The van der Waals surface area contributed by atoms with Crippen LogP contribution in [0.5, 0.6) is 0 Å². The number of amides is 2. The van der Waals surface area contributed by atoms with Crippen LogP contribution in [0, 0.1) is 0 Å². The highest BCUT2D eigenvalue weighted by Gasteiger charge is 2.32. The third-order valence-corrected chi connectivity index (χ3v) is 2.74. The molecule has 0 unspecified atom stereocenters. The lowest BCUT2D eigenvalue weighted by atomic mass is 10.2. The lowest BCUT2D eigenvalue weighted by molar-refractivity contribution is -0.118. The van der Waals surface area contributed by atoms with E-state index in [0.29, 0.717) is 17.3 Å². The van der Waals surface area contributed by atoms with Crippen molar-refractivity contribution in [2.45, 2.75) is 6.54 Å². The van der Waals surface area contributed by atoms with Crippen molar-refractivity contribution in [1.29, 1.82) is 0 Å². The molecule has 0 atom stereocenters. The van der Waals surface area contributed by atoms with Crippen molar-refractivity contribution in [3.05, 3.63) is 24.4 Å². The summed E-state index contributed by atoms with van der Waals surface area (Å²) in [6, 6.07) is 0. The maximum atomic E-state index is 12.1. The topological polar surface area (TPSA) is 84.5 Å². The van der Waals surface area contributed by atoms with Crippen LogP contribution in [0.3, 0.4) is 0 Å². The zero-order chi connectivity index (χ0) is 12.7. The Morgan fingerprint density at radius 1 is 1.47 bits per heavy atom. The summed E-state index contributed by atoms with van der Waals surface area (Å²) >= 11 is 0. The molecule has 2 N–H and O–H groups in total. The van der Waals surface area contributed by atoms with E-state index < -0.39 is 5.91 Å². The number of hydrogen-bond acceptors (Lipinski definition) is 4. The predicted octanol–water partition coefficient (Wildman–Crippen LogP) is -0.639. The quantitative estimate of drug-likeness (QED) is 0.739. The number of anilines is 1. The van der Waals surface area contributed by atoms with Gasteiger partial charge in [0.05, 0.1) is 6.33 Å². The van der Waals surface area contributed by atoms with Crippen LogP contribution in [0.4, 0.5) is 5.82 Å². The fraction of sp³-hybridized carbons (Fsp3) is 0.300. The number of carbonyl (C=O) groups excluding carboxylic acids is 2. The number of nitrogens with zero attached hydrogens (tertiary/aromatic N) is 4. The SMILES string of the molecule is C=C1N(C)C(=O)c2c(ncn2CC(N)=O)N1C. The van der Waals surface area contributed by atoms with Gasteiger partial charge >= 0.3 is 0 Å². The second-order valence-electron chi connectivity index (χ2n) is 3.85. The first-order valence-electron chi connectivity index (χ1n) is 4.97. The molecule has 0 radical (unpaired) electrons. The Morgan fingerprint density at radius 2 is 2.12 bits per heavy atom. The molecule has 7 heteroatoms. The van der Waals surface area contributed by atoms with Crippen molar-refractivity contribution in [2.24, 2.45) is 5.73 Å². The summed E-state index contributed by atoms with van der Waals surface area (Å²) in [5.74, 6) is 0.251. The van der Waals surface area contributed by atoms with Crippen LogP contribution in [0.1, 0.15) is 10.5 Å². The summed E-state index contributed by atoms with van der Waals surface area (Å²) in [7, 11) is 3.37. The summed E-state index contributed by atoms with van der Waals surface area (Å²) < 4.78 is 1.44. The van der Waals surface area contributed by atoms with E-state index in [-0.39, 0.29) is 12.5 Å². The lowest BCUT2D eigenvalue weighted by Crippen LogP contribution is -2.41. The standard InChI is InChI=1S/C10H13N5O2/c1-6-13(2)9-8(10(17)14(6)3)15(5-12-9)4-7(11)16/h5H,1,4H2,2-3H3,(H2,11,16). The second kappa shape index (κ2) is 3.62. The molecule has 1 aliphatic rings. The van der Waals surface area contributed by atoms with E-state index in [0.717, 1.165) is 0 Å². The average molecular weight is 235 g/mol. The van der Waals surface area contributed by atoms with Gasteiger partial charge in [0.1, 0.15) is 12.4 Å². The third-order valence-electron chi connectivity index (χ3n) is 2.74. The zero-order valence-corrected chi connectivity index (χ0v) is 9.67. The molecule has 0 aliphatic carbocycles. The fourth-order valence-electron chi connectivity index (χ4n) is 1.75. The molecule has 1 aromatic rings. The van der Waals surface area contributed by atoms with E-state index in [2.05, 4.69) is 11.6 Å². The van der Waals surface area contributed by atoms with Gasteiger partial charge in [-0.2, -0.15) is 0 Å². The molecule has 0 aromatic carbocycles. The highest BCUT2D eigenvalue weighted by atomic mass is 16.2. The Morgan fingerprint density at radius 3 is 2.71 bits per heavy atom. The summed E-state index contributed by atoms with van der Waals surface area (Å²) in [5.41, 5.74) is 5.46. The molecular formula is C10H13N5O2. The van der Waals surface area contributed by atoms with Crippen LogP contribution >= 0.6 is 0 Å². The van der Waals surface area contributed by atoms with Gasteiger partial charge in [0.2, 0.25) is 5.91 Å². The molecule has 2 amide bonds. The number of nitrogens with two attached hydrogens (primary N) is 1. The Kier molecular flexibility index (Phi) is 2.38. The Bertz CT molecular complexity index is 519. The average Bonchev–Trinajstić information content (AvgIpc) is 2.66. The Balaban J connectivity index is 2.53. The van der Waals surface area contributed by atoms with Gasteiger partial charge in [-0.25, -0.2) is 4.98 Å². The largest absolute Gasteiger partial charge is 0.368 e. The van der Waals surface area contributed by atoms with E-state index in [4.69, 9.17) is 5.73 Å². The maximum Gasteiger partial charge on any atom is 0.279 e. The van der Waals surface area contributed by atoms with Crippen LogP contribution in [0.25, 0.3) is 0 Å². The minimum absolute atomic E-state index is 0.0672. The smallest absolute Gasteiger partial charge is 0.279 e. The lowest BCUT2D eigenvalue weighted by Gasteiger charge is -2.32. The summed E-state index contributed by atoms with van der Waals surface area (Å²) in [4.78, 5) is 30.2. The number of aromatic nitrogens is 2. The molecule has 0 bridgehead atoms. The number of rotatable bonds is 2. The minimum Gasteiger partial charge on any atom is -0.368 e. The number of carbonyl (C=O) groups is 2. The molecule has 90 valence electrons.